The van der Waals surface area contributed by atoms with Crippen LogP contribution in [0.3, 0.4) is 0 Å². The molecule has 0 bridgehead atoms. The zero-order valence-corrected chi connectivity index (χ0v) is 15.9. The first-order chi connectivity index (χ1) is 13.5. The number of hydrogen-bond acceptors (Lipinski definition) is 3. The fraction of sp³-hybridized carbons (Fsp3) is 0.286. The zero-order valence-electron chi connectivity index (χ0n) is 15.9. The molecule has 144 valence electrons. The van der Waals surface area contributed by atoms with Crippen molar-refractivity contribution in [3.8, 4) is 5.82 Å². The summed E-state index contributed by atoms with van der Waals surface area (Å²) in [6.45, 7) is 4.30. The number of halogens is 1. The molecule has 6 nitrogen and oxygen atoms in total. The van der Waals surface area contributed by atoms with Gasteiger partial charge in [0.25, 0.3) is 0 Å². The average molecular weight is 379 g/mol. The van der Waals surface area contributed by atoms with Gasteiger partial charge in [0.1, 0.15) is 5.82 Å². The third-order valence-corrected chi connectivity index (χ3v) is 4.98. The van der Waals surface area contributed by atoms with Gasteiger partial charge in [-0.2, -0.15) is 5.10 Å². The summed E-state index contributed by atoms with van der Waals surface area (Å²) >= 11 is 0. The Morgan fingerprint density at radius 1 is 1.25 bits per heavy atom. The quantitative estimate of drug-likeness (QED) is 0.729. The largest absolute Gasteiger partial charge is 0.334 e. The van der Waals surface area contributed by atoms with Crippen molar-refractivity contribution in [2.45, 2.75) is 39.3 Å². The topological polar surface area (TPSA) is 71.8 Å². The molecule has 1 aromatic carbocycles. The van der Waals surface area contributed by atoms with Crippen LogP contribution in [-0.2, 0) is 13.0 Å². The van der Waals surface area contributed by atoms with E-state index >= 15 is 0 Å². The van der Waals surface area contributed by atoms with E-state index in [1.54, 1.807) is 23.0 Å². The number of hydrogen-bond donors (Lipinski definition) is 2. The second-order valence-electron chi connectivity index (χ2n) is 7.12. The number of nitrogens with zero attached hydrogens (tertiary/aromatic N) is 3. The molecule has 2 aromatic heterocycles. The van der Waals surface area contributed by atoms with E-state index in [0.717, 1.165) is 46.7 Å². The Bertz CT molecular complexity index is 1010. The molecule has 1 aliphatic carbocycles. The Hall–Kier alpha value is -3.22. The van der Waals surface area contributed by atoms with E-state index in [1.165, 1.54) is 6.07 Å². The van der Waals surface area contributed by atoms with Crippen LogP contribution in [0.2, 0.25) is 0 Å². The maximum atomic E-state index is 13.3. The molecule has 0 unspecified atom stereocenters. The van der Waals surface area contributed by atoms with Crippen LogP contribution in [0.15, 0.2) is 42.6 Å². The number of rotatable bonds is 4. The highest BCUT2D eigenvalue weighted by Crippen LogP contribution is 2.31. The third kappa shape index (κ3) is 3.74. The Labute approximate surface area is 162 Å². The predicted octanol–water partition coefficient (Wildman–Crippen LogP) is 3.51. The molecular formula is C21H22FN5O. The lowest BCUT2D eigenvalue weighted by Crippen LogP contribution is -2.36. The number of pyridine rings is 1. The lowest BCUT2D eigenvalue weighted by atomic mass is 10.1. The van der Waals surface area contributed by atoms with E-state index in [2.05, 4.69) is 20.7 Å². The van der Waals surface area contributed by atoms with Gasteiger partial charge in [0.15, 0.2) is 5.82 Å². The van der Waals surface area contributed by atoms with Crippen LogP contribution >= 0.6 is 0 Å². The Balaban J connectivity index is 1.34. The Morgan fingerprint density at radius 3 is 2.82 bits per heavy atom. The number of carbonyl (C=O) groups is 1. The van der Waals surface area contributed by atoms with Gasteiger partial charge in [-0.15, -0.1) is 0 Å². The van der Waals surface area contributed by atoms with Gasteiger partial charge in [-0.3, -0.25) is 0 Å². The molecule has 0 spiro atoms. The standard InChI is InChI=1S/C21H22FN5O/c1-13-9-14(2)27(26-13)20-8-3-15(11-23-20)12-24-21(28)25-19-7-4-16-10-17(22)5-6-18(16)19/h3,5-6,8-11,19H,4,7,12H2,1-2H3,(H2,24,25,28)/t19-/m0/s1. The molecular weight excluding hydrogens is 357 g/mol. The minimum absolute atomic E-state index is 0.0814. The van der Waals surface area contributed by atoms with Crippen molar-refractivity contribution >= 4 is 6.03 Å². The van der Waals surface area contributed by atoms with Crippen molar-refractivity contribution in [2.75, 3.05) is 0 Å². The molecule has 4 rings (SSSR count). The van der Waals surface area contributed by atoms with Crippen LogP contribution in [-0.4, -0.2) is 20.8 Å². The molecule has 3 aromatic rings. The summed E-state index contributed by atoms with van der Waals surface area (Å²) in [7, 11) is 0. The molecule has 0 saturated carbocycles. The highest BCUT2D eigenvalue weighted by Gasteiger charge is 2.24. The number of amides is 2. The summed E-state index contributed by atoms with van der Waals surface area (Å²) in [6, 6.07) is 10.2. The van der Waals surface area contributed by atoms with Gasteiger partial charge < -0.3 is 10.6 Å². The number of fused-ring (bicyclic) bond motifs is 1. The van der Waals surface area contributed by atoms with Crippen LogP contribution in [0, 0.1) is 19.7 Å². The number of aryl methyl sites for hydroxylation is 3. The number of aromatic nitrogens is 3. The van der Waals surface area contributed by atoms with E-state index in [0.29, 0.717) is 6.54 Å². The summed E-state index contributed by atoms with van der Waals surface area (Å²) in [5.41, 5.74) is 4.82. The van der Waals surface area contributed by atoms with Crippen molar-refractivity contribution in [3.63, 3.8) is 0 Å². The van der Waals surface area contributed by atoms with E-state index in [4.69, 9.17) is 0 Å². The molecule has 28 heavy (non-hydrogen) atoms. The fourth-order valence-corrected chi connectivity index (χ4v) is 3.64. The summed E-state index contributed by atoms with van der Waals surface area (Å²) in [6.07, 6.45) is 3.29. The first-order valence-corrected chi connectivity index (χ1v) is 9.31. The SMILES string of the molecule is Cc1cc(C)n(-c2ccc(CNC(=O)N[C@H]3CCc4cc(F)ccc43)cn2)n1. The lowest BCUT2D eigenvalue weighted by molar-refractivity contribution is 0.236. The van der Waals surface area contributed by atoms with Gasteiger partial charge in [-0.1, -0.05) is 12.1 Å². The minimum atomic E-state index is -0.246. The van der Waals surface area contributed by atoms with Crippen LogP contribution in [0.5, 0.6) is 0 Å². The number of carbonyl (C=O) groups excluding carboxylic acids is 1. The smallest absolute Gasteiger partial charge is 0.315 e. The highest BCUT2D eigenvalue weighted by molar-refractivity contribution is 5.74. The molecule has 0 aliphatic heterocycles. The van der Waals surface area contributed by atoms with Crippen molar-refractivity contribution in [1.29, 1.82) is 0 Å². The van der Waals surface area contributed by atoms with Gasteiger partial charge in [-0.05, 0) is 67.6 Å². The molecule has 2 amide bonds. The third-order valence-electron chi connectivity index (χ3n) is 4.98. The maximum absolute atomic E-state index is 13.3. The van der Waals surface area contributed by atoms with Gasteiger partial charge in [0.2, 0.25) is 0 Å². The molecule has 2 N–H and O–H groups in total. The van der Waals surface area contributed by atoms with Crippen LogP contribution in [0.1, 0.15) is 40.5 Å². The van der Waals surface area contributed by atoms with E-state index < -0.39 is 0 Å². The number of benzene rings is 1. The summed E-state index contributed by atoms with van der Waals surface area (Å²) in [5, 5.41) is 10.2. The molecule has 0 saturated heterocycles. The first kappa shape index (κ1) is 18.2. The molecule has 0 fully saturated rings. The van der Waals surface area contributed by atoms with Gasteiger partial charge in [0, 0.05) is 18.4 Å². The van der Waals surface area contributed by atoms with Crippen molar-refractivity contribution in [1.82, 2.24) is 25.4 Å². The normalized spacial score (nSPS) is 15.3. The molecule has 1 aliphatic rings. The van der Waals surface area contributed by atoms with E-state index in [1.807, 2.05) is 32.0 Å². The second kappa shape index (κ2) is 7.42. The first-order valence-electron chi connectivity index (χ1n) is 9.31. The maximum Gasteiger partial charge on any atom is 0.315 e. The second-order valence-corrected chi connectivity index (χ2v) is 7.12. The summed E-state index contributed by atoms with van der Waals surface area (Å²) < 4.78 is 15.1. The van der Waals surface area contributed by atoms with Crippen LogP contribution in [0.4, 0.5) is 9.18 Å². The van der Waals surface area contributed by atoms with E-state index in [9.17, 15) is 9.18 Å². The predicted molar refractivity (Wildman–Crippen MR) is 104 cm³/mol. The van der Waals surface area contributed by atoms with Gasteiger partial charge in [-0.25, -0.2) is 18.9 Å². The van der Waals surface area contributed by atoms with Crippen LogP contribution in [0.25, 0.3) is 5.82 Å². The van der Waals surface area contributed by atoms with E-state index in [-0.39, 0.29) is 17.9 Å². The number of nitrogens with one attached hydrogen (secondary N) is 2. The monoisotopic (exact) mass is 379 g/mol. The fourth-order valence-electron chi connectivity index (χ4n) is 3.64. The molecule has 1 atom stereocenters. The summed E-state index contributed by atoms with van der Waals surface area (Å²) in [5.74, 6) is 0.508. The van der Waals surface area contributed by atoms with Gasteiger partial charge >= 0.3 is 6.03 Å². The van der Waals surface area contributed by atoms with Crippen molar-refractivity contribution < 1.29 is 9.18 Å². The number of urea groups is 1. The Kier molecular flexibility index (Phi) is 4.81. The van der Waals surface area contributed by atoms with Gasteiger partial charge in [0.05, 0.1) is 11.7 Å². The molecule has 7 heteroatoms. The lowest BCUT2D eigenvalue weighted by Gasteiger charge is -2.15. The van der Waals surface area contributed by atoms with Crippen LogP contribution < -0.4 is 10.6 Å². The Morgan fingerprint density at radius 2 is 2.11 bits per heavy atom. The highest BCUT2D eigenvalue weighted by atomic mass is 19.1. The average Bonchev–Trinajstić information content (AvgIpc) is 3.22. The van der Waals surface area contributed by atoms with Crippen molar-refractivity contribution in [3.05, 3.63) is 76.5 Å². The molecule has 2 heterocycles. The summed E-state index contributed by atoms with van der Waals surface area (Å²) in [4.78, 5) is 16.7. The zero-order chi connectivity index (χ0) is 19.7. The molecule has 0 radical (unpaired) electrons. The minimum Gasteiger partial charge on any atom is -0.334 e. The van der Waals surface area contributed by atoms with Crippen molar-refractivity contribution in [2.24, 2.45) is 0 Å².